The van der Waals surface area contributed by atoms with E-state index in [4.69, 9.17) is 9.84 Å². The number of carbonyl (C=O) groups excluding carboxylic acids is 2. The lowest BCUT2D eigenvalue weighted by molar-refractivity contribution is -0.124. The Hall–Kier alpha value is -1.88. The van der Waals surface area contributed by atoms with Gasteiger partial charge in [-0.3, -0.25) is 4.79 Å². The highest BCUT2D eigenvalue weighted by atomic mass is 16.6. The number of nitrogens with one attached hydrogen (secondary N) is 1. The van der Waals surface area contributed by atoms with Crippen molar-refractivity contribution in [3.63, 3.8) is 0 Å². The number of carbonyl (C=O) groups is 2. The molecular weight excluding hydrogens is 246 g/mol. The SMILES string of the molecule is CC(C)(C)OC(=O)NC(C(=O)CO)c1ccccc1. The third kappa shape index (κ3) is 5.09. The van der Waals surface area contributed by atoms with E-state index in [0.29, 0.717) is 5.56 Å². The van der Waals surface area contributed by atoms with E-state index in [-0.39, 0.29) is 0 Å². The van der Waals surface area contributed by atoms with Gasteiger partial charge in [0.05, 0.1) is 0 Å². The van der Waals surface area contributed by atoms with E-state index in [0.717, 1.165) is 0 Å². The summed E-state index contributed by atoms with van der Waals surface area (Å²) >= 11 is 0. The van der Waals surface area contributed by atoms with Crippen molar-refractivity contribution in [3.8, 4) is 0 Å². The molecule has 0 radical (unpaired) electrons. The van der Waals surface area contributed by atoms with Crippen molar-refractivity contribution in [1.82, 2.24) is 5.32 Å². The molecule has 104 valence electrons. The van der Waals surface area contributed by atoms with E-state index in [9.17, 15) is 9.59 Å². The first kappa shape index (κ1) is 15.2. The first-order valence-electron chi connectivity index (χ1n) is 6.01. The first-order valence-corrected chi connectivity index (χ1v) is 6.01. The summed E-state index contributed by atoms with van der Waals surface area (Å²) in [7, 11) is 0. The number of Topliss-reactive ketones (excluding diaryl/α,β-unsaturated/α-hetero) is 1. The molecule has 0 aliphatic rings. The van der Waals surface area contributed by atoms with Crippen molar-refractivity contribution in [3.05, 3.63) is 35.9 Å². The highest BCUT2D eigenvalue weighted by Crippen LogP contribution is 2.15. The zero-order chi connectivity index (χ0) is 14.5. The van der Waals surface area contributed by atoms with E-state index in [1.165, 1.54) is 0 Å². The normalized spacial score (nSPS) is 12.6. The fourth-order valence-electron chi connectivity index (χ4n) is 1.51. The number of ketones is 1. The molecule has 0 fully saturated rings. The van der Waals surface area contributed by atoms with Crippen LogP contribution in [0.3, 0.4) is 0 Å². The highest BCUT2D eigenvalue weighted by Gasteiger charge is 2.24. The highest BCUT2D eigenvalue weighted by molar-refractivity contribution is 5.89. The van der Waals surface area contributed by atoms with Gasteiger partial charge in [0.2, 0.25) is 0 Å². The zero-order valence-electron chi connectivity index (χ0n) is 11.3. The van der Waals surface area contributed by atoms with Gasteiger partial charge in [-0.1, -0.05) is 30.3 Å². The van der Waals surface area contributed by atoms with Crippen LogP contribution in [0.4, 0.5) is 4.79 Å². The Morgan fingerprint density at radius 3 is 2.32 bits per heavy atom. The van der Waals surface area contributed by atoms with Crippen LogP contribution >= 0.6 is 0 Å². The smallest absolute Gasteiger partial charge is 0.408 e. The predicted octanol–water partition coefficient (Wildman–Crippen LogP) is 1.81. The second kappa shape index (κ2) is 6.33. The van der Waals surface area contributed by atoms with Crippen molar-refractivity contribution in [1.29, 1.82) is 0 Å². The van der Waals surface area contributed by atoms with Crippen LogP contribution in [0.15, 0.2) is 30.3 Å². The summed E-state index contributed by atoms with van der Waals surface area (Å²) in [6.07, 6.45) is -0.692. The van der Waals surface area contributed by atoms with Crippen LogP contribution in [0, 0.1) is 0 Å². The first-order chi connectivity index (χ1) is 8.83. The van der Waals surface area contributed by atoms with Crippen molar-refractivity contribution in [2.24, 2.45) is 0 Å². The number of hydrogen-bond acceptors (Lipinski definition) is 4. The quantitative estimate of drug-likeness (QED) is 0.870. The number of alkyl carbamates (subject to hydrolysis) is 1. The fraction of sp³-hybridized carbons (Fsp3) is 0.429. The molecule has 1 atom stereocenters. The van der Waals surface area contributed by atoms with Gasteiger partial charge in [-0.2, -0.15) is 0 Å². The number of ether oxygens (including phenoxy) is 1. The standard InChI is InChI=1S/C14H19NO4/c1-14(2,3)19-13(18)15-12(11(17)9-16)10-7-5-4-6-8-10/h4-8,12,16H,9H2,1-3H3,(H,15,18). The van der Waals surface area contributed by atoms with Gasteiger partial charge in [-0.25, -0.2) is 4.79 Å². The summed E-state index contributed by atoms with van der Waals surface area (Å²) in [5, 5.41) is 11.4. The minimum absolute atomic E-state index is 0.489. The lowest BCUT2D eigenvalue weighted by Crippen LogP contribution is -2.38. The lowest BCUT2D eigenvalue weighted by Gasteiger charge is -2.23. The molecule has 1 rings (SSSR count). The Morgan fingerprint density at radius 2 is 1.84 bits per heavy atom. The Morgan fingerprint density at radius 1 is 1.26 bits per heavy atom. The summed E-state index contributed by atoms with van der Waals surface area (Å²) in [5.74, 6) is -0.489. The van der Waals surface area contributed by atoms with Crippen LogP contribution in [0.5, 0.6) is 0 Å². The molecule has 0 spiro atoms. The summed E-state index contributed by atoms with van der Waals surface area (Å²) < 4.78 is 5.10. The lowest BCUT2D eigenvalue weighted by atomic mass is 10.0. The average Bonchev–Trinajstić information content (AvgIpc) is 2.34. The van der Waals surface area contributed by atoms with Gasteiger partial charge in [0, 0.05) is 0 Å². The number of benzene rings is 1. The predicted molar refractivity (Wildman–Crippen MR) is 70.6 cm³/mol. The molecule has 0 saturated heterocycles. The van der Waals surface area contributed by atoms with Gasteiger partial charge in [0.15, 0.2) is 5.78 Å². The molecular formula is C14H19NO4. The fourth-order valence-corrected chi connectivity index (χ4v) is 1.51. The average molecular weight is 265 g/mol. The van der Waals surface area contributed by atoms with Gasteiger partial charge in [0.1, 0.15) is 18.2 Å². The van der Waals surface area contributed by atoms with Gasteiger partial charge in [0.25, 0.3) is 0 Å². The van der Waals surface area contributed by atoms with E-state index >= 15 is 0 Å². The van der Waals surface area contributed by atoms with E-state index in [2.05, 4.69) is 5.32 Å². The molecule has 2 N–H and O–H groups in total. The molecule has 0 aliphatic heterocycles. The molecule has 1 unspecified atom stereocenters. The van der Waals surface area contributed by atoms with Crippen LogP contribution in [0.1, 0.15) is 32.4 Å². The molecule has 0 aliphatic carbocycles. The molecule has 1 aromatic carbocycles. The topological polar surface area (TPSA) is 75.6 Å². The minimum Gasteiger partial charge on any atom is -0.444 e. The van der Waals surface area contributed by atoms with Crippen LogP contribution in [0.25, 0.3) is 0 Å². The van der Waals surface area contributed by atoms with Crippen molar-refractivity contribution < 1.29 is 19.4 Å². The molecule has 5 heteroatoms. The summed E-state index contributed by atoms with van der Waals surface area (Å²) in [6.45, 7) is 4.56. The molecule has 1 amide bonds. The molecule has 0 aromatic heterocycles. The second-order valence-electron chi connectivity index (χ2n) is 5.11. The molecule has 19 heavy (non-hydrogen) atoms. The van der Waals surface area contributed by atoms with Crippen LogP contribution in [-0.2, 0) is 9.53 Å². The van der Waals surface area contributed by atoms with Gasteiger partial charge in [-0.05, 0) is 26.3 Å². The van der Waals surface area contributed by atoms with E-state index in [1.54, 1.807) is 51.1 Å². The molecule has 0 saturated carbocycles. The van der Waals surface area contributed by atoms with Gasteiger partial charge >= 0.3 is 6.09 Å². The minimum atomic E-state index is -0.902. The molecule has 0 heterocycles. The van der Waals surface area contributed by atoms with Crippen molar-refractivity contribution in [2.75, 3.05) is 6.61 Å². The largest absolute Gasteiger partial charge is 0.444 e. The molecule has 0 bridgehead atoms. The maximum absolute atomic E-state index is 11.7. The van der Waals surface area contributed by atoms with Crippen molar-refractivity contribution in [2.45, 2.75) is 32.4 Å². The van der Waals surface area contributed by atoms with E-state index < -0.39 is 30.1 Å². The van der Waals surface area contributed by atoms with Crippen LogP contribution < -0.4 is 5.32 Å². The third-order valence-electron chi connectivity index (χ3n) is 2.27. The second-order valence-corrected chi connectivity index (χ2v) is 5.11. The van der Waals surface area contributed by atoms with Crippen LogP contribution in [-0.4, -0.2) is 29.2 Å². The Labute approximate surface area is 112 Å². The number of rotatable bonds is 4. The number of aliphatic hydroxyl groups excluding tert-OH is 1. The monoisotopic (exact) mass is 265 g/mol. The maximum Gasteiger partial charge on any atom is 0.408 e. The third-order valence-corrected chi connectivity index (χ3v) is 2.27. The summed E-state index contributed by atoms with van der Waals surface area (Å²) in [6, 6.07) is 7.82. The summed E-state index contributed by atoms with van der Waals surface area (Å²) in [5.41, 5.74) is -0.0412. The maximum atomic E-state index is 11.7. The van der Waals surface area contributed by atoms with Crippen LogP contribution in [0.2, 0.25) is 0 Å². The Bertz CT molecular complexity index is 437. The Balaban J connectivity index is 2.83. The summed E-state index contributed by atoms with van der Waals surface area (Å²) in [4.78, 5) is 23.4. The number of aliphatic hydroxyl groups is 1. The number of hydrogen-bond donors (Lipinski definition) is 2. The zero-order valence-corrected chi connectivity index (χ0v) is 11.3. The Kier molecular flexibility index (Phi) is 5.06. The molecule has 1 aromatic rings. The van der Waals surface area contributed by atoms with Gasteiger partial charge < -0.3 is 15.2 Å². The molecule has 5 nitrogen and oxygen atoms in total. The van der Waals surface area contributed by atoms with Gasteiger partial charge in [-0.15, -0.1) is 0 Å². The van der Waals surface area contributed by atoms with E-state index in [1.807, 2.05) is 0 Å². The number of amides is 1. The van der Waals surface area contributed by atoms with Crippen molar-refractivity contribution >= 4 is 11.9 Å².